The summed E-state index contributed by atoms with van der Waals surface area (Å²) in [6.07, 6.45) is 6.69. The zero-order chi connectivity index (χ0) is 22.5. The minimum Gasteiger partial charge on any atom is -0.393 e. The Balaban J connectivity index is 1.34. The first-order chi connectivity index (χ1) is 16.3. The molecule has 2 fully saturated rings. The summed E-state index contributed by atoms with van der Waals surface area (Å²) >= 11 is 0. The molecule has 2 saturated heterocycles. The number of anilines is 3. The molecule has 2 aliphatic heterocycles. The number of rotatable bonds is 5. The van der Waals surface area contributed by atoms with Gasteiger partial charge >= 0.3 is 0 Å². The molecule has 0 unspecified atom stereocenters. The van der Waals surface area contributed by atoms with Crippen LogP contribution in [0.3, 0.4) is 0 Å². The fourth-order valence-electron chi connectivity index (χ4n) is 5.24. The Morgan fingerprint density at radius 2 is 1.09 bits per heavy atom. The summed E-state index contributed by atoms with van der Waals surface area (Å²) < 4.78 is 0. The number of nitrogens with two attached hydrogens (primary N) is 1. The quantitative estimate of drug-likeness (QED) is 0.634. The molecule has 3 aromatic rings. The highest BCUT2D eigenvalue weighted by atomic mass is 15.3. The van der Waals surface area contributed by atoms with E-state index in [9.17, 15) is 0 Å². The summed E-state index contributed by atoms with van der Waals surface area (Å²) in [7, 11) is 0. The second-order valence-electron chi connectivity index (χ2n) is 9.08. The number of nitrogens with zero attached hydrogens (tertiary/aromatic N) is 5. The summed E-state index contributed by atoms with van der Waals surface area (Å²) in [5.41, 5.74) is 10.1. The van der Waals surface area contributed by atoms with E-state index in [4.69, 9.17) is 5.73 Å². The molecule has 2 aromatic carbocycles. The predicted molar refractivity (Wildman–Crippen MR) is 136 cm³/mol. The van der Waals surface area contributed by atoms with Crippen LogP contribution in [0.15, 0.2) is 67.0 Å². The molecule has 1 aromatic heterocycles. The summed E-state index contributed by atoms with van der Waals surface area (Å²) in [6, 6.07) is 21.9. The zero-order valence-electron chi connectivity index (χ0n) is 19.3. The Kier molecular flexibility index (Phi) is 6.72. The molecule has 0 amide bonds. The molecular weight excluding hydrogens is 408 g/mol. The van der Waals surface area contributed by atoms with Gasteiger partial charge in [0, 0.05) is 39.3 Å². The van der Waals surface area contributed by atoms with Gasteiger partial charge in [0.25, 0.3) is 0 Å². The zero-order valence-corrected chi connectivity index (χ0v) is 19.3. The Morgan fingerprint density at radius 1 is 0.606 bits per heavy atom. The number of hydrogen-bond donors (Lipinski definition) is 1. The maximum absolute atomic E-state index is 6.65. The Bertz CT molecular complexity index is 970. The molecule has 5 rings (SSSR count). The average Bonchev–Trinajstić information content (AvgIpc) is 3.16. The van der Waals surface area contributed by atoms with Gasteiger partial charge in [-0.15, -0.1) is 0 Å². The first-order valence-corrected chi connectivity index (χ1v) is 12.3. The lowest BCUT2D eigenvalue weighted by molar-refractivity contribution is 0.212. The molecule has 3 heterocycles. The van der Waals surface area contributed by atoms with Gasteiger partial charge in [0.05, 0.1) is 6.04 Å². The van der Waals surface area contributed by atoms with Gasteiger partial charge in [-0.1, -0.05) is 73.5 Å². The van der Waals surface area contributed by atoms with Crippen molar-refractivity contribution < 1.29 is 0 Å². The van der Waals surface area contributed by atoms with Crippen molar-refractivity contribution in [2.45, 2.75) is 31.7 Å². The summed E-state index contributed by atoms with van der Waals surface area (Å²) in [6.45, 7) is 5.77. The third-order valence-electron chi connectivity index (χ3n) is 6.96. The molecule has 33 heavy (non-hydrogen) atoms. The van der Waals surface area contributed by atoms with Gasteiger partial charge in [0.15, 0.2) is 11.6 Å². The Hall–Kier alpha value is -3.12. The van der Waals surface area contributed by atoms with Crippen molar-refractivity contribution >= 4 is 17.3 Å². The average molecular weight is 443 g/mol. The van der Waals surface area contributed by atoms with Crippen molar-refractivity contribution in [2.24, 2.45) is 0 Å². The molecule has 0 aliphatic carbocycles. The van der Waals surface area contributed by atoms with E-state index in [0.717, 1.165) is 56.6 Å². The van der Waals surface area contributed by atoms with E-state index in [0.29, 0.717) is 0 Å². The number of hydrogen-bond acceptors (Lipinski definition) is 6. The summed E-state index contributed by atoms with van der Waals surface area (Å²) in [5.74, 6) is 1.80. The lowest BCUT2D eigenvalue weighted by Crippen LogP contribution is -2.48. The maximum atomic E-state index is 6.65. The van der Waals surface area contributed by atoms with Crippen LogP contribution in [0.5, 0.6) is 0 Å². The summed E-state index contributed by atoms with van der Waals surface area (Å²) in [4.78, 5) is 16.5. The minimum absolute atomic E-state index is 0.255. The molecule has 2 N–H and O–H groups in total. The van der Waals surface area contributed by atoms with Crippen LogP contribution in [-0.4, -0.2) is 54.1 Å². The number of benzene rings is 2. The molecule has 0 bridgehead atoms. The highest BCUT2D eigenvalue weighted by molar-refractivity contribution is 5.75. The van der Waals surface area contributed by atoms with Gasteiger partial charge in [-0.25, -0.2) is 9.97 Å². The van der Waals surface area contributed by atoms with Crippen molar-refractivity contribution in [2.75, 3.05) is 54.8 Å². The molecule has 0 spiro atoms. The molecular formula is C27H34N6. The van der Waals surface area contributed by atoms with Crippen LogP contribution in [0, 0.1) is 0 Å². The van der Waals surface area contributed by atoms with E-state index >= 15 is 0 Å². The van der Waals surface area contributed by atoms with Crippen LogP contribution in [0.4, 0.5) is 17.3 Å². The molecule has 6 heteroatoms. The van der Waals surface area contributed by atoms with Crippen LogP contribution in [0.1, 0.15) is 42.9 Å². The van der Waals surface area contributed by atoms with Gasteiger partial charge in [0.2, 0.25) is 0 Å². The molecule has 0 atom stereocenters. The number of aromatic nitrogens is 2. The third-order valence-corrected chi connectivity index (χ3v) is 6.96. The van der Waals surface area contributed by atoms with Crippen molar-refractivity contribution in [3.05, 3.63) is 78.1 Å². The van der Waals surface area contributed by atoms with Gasteiger partial charge in [0.1, 0.15) is 12.0 Å². The first-order valence-electron chi connectivity index (χ1n) is 12.3. The van der Waals surface area contributed by atoms with E-state index in [1.165, 1.54) is 36.8 Å². The highest BCUT2D eigenvalue weighted by Crippen LogP contribution is 2.33. The second kappa shape index (κ2) is 10.2. The van der Waals surface area contributed by atoms with Gasteiger partial charge in [-0.3, -0.25) is 4.90 Å². The summed E-state index contributed by atoms with van der Waals surface area (Å²) in [5, 5.41) is 0. The standard InChI is InChI=1S/C27H34N6/c28-24-26(32-15-9-1-2-10-16-32)29-21-30-27(24)33-19-17-31(18-20-33)25(22-11-5-3-6-12-22)23-13-7-4-8-14-23/h3-8,11-14,21,25H,1-2,9-10,15-20,28H2. The van der Waals surface area contributed by atoms with Crippen molar-refractivity contribution in [3.8, 4) is 0 Å². The smallest absolute Gasteiger partial charge is 0.157 e. The van der Waals surface area contributed by atoms with Gasteiger partial charge < -0.3 is 15.5 Å². The normalized spacial score (nSPS) is 17.8. The van der Waals surface area contributed by atoms with Crippen LogP contribution in [0.2, 0.25) is 0 Å². The van der Waals surface area contributed by atoms with E-state index in [1.54, 1.807) is 6.33 Å². The fourth-order valence-corrected chi connectivity index (χ4v) is 5.24. The molecule has 172 valence electrons. The van der Waals surface area contributed by atoms with Crippen LogP contribution >= 0.6 is 0 Å². The molecule has 6 nitrogen and oxygen atoms in total. The minimum atomic E-state index is 0.255. The SMILES string of the molecule is Nc1c(N2CCCCCC2)ncnc1N1CCN(C(c2ccccc2)c2ccccc2)CC1. The lowest BCUT2D eigenvalue weighted by atomic mass is 9.96. The third kappa shape index (κ3) is 4.81. The molecule has 2 aliphatic rings. The lowest BCUT2D eigenvalue weighted by Gasteiger charge is -2.40. The Labute approximate surface area is 197 Å². The maximum Gasteiger partial charge on any atom is 0.157 e. The van der Waals surface area contributed by atoms with Gasteiger partial charge in [-0.05, 0) is 24.0 Å². The largest absolute Gasteiger partial charge is 0.393 e. The monoisotopic (exact) mass is 442 g/mol. The van der Waals surface area contributed by atoms with Crippen molar-refractivity contribution in [3.63, 3.8) is 0 Å². The topological polar surface area (TPSA) is 61.5 Å². The number of nitrogen functional groups attached to an aromatic ring is 1. The number of piperazine rings is 1. The fraction of sp³-hybridized carbons (Fsp3) is 0.407. The van der Waals surface area contributed by atoms with E-state index in [-0.39, 0.29) is 6.04 Å². The Morgan fingerprint density at radius 3 is 1.61 bits per heavy atom. The van der Waals surface area contributed by atoms with E-state index < -0.39 is 0 Å². The van der Waals surface area contributed by atoms with Crippen LogP contribution < -0.4 is 15.5 Å². The molecule has 0 radical (unpaired) electrons. The van der Waals surface area contributed by atoms with E-state index in [2.05, 4.69) is 85.3 Å². The predicted octanol–water partition coefficient (Wildman–Crippen LogP) is 4.35. The van der Waals surface area contributed by atoms with Crippen molar-refractivity contribution in [1.29, 1.82) is 0 Å². The van der Waals surface area contributed by atoms with Crippen LogP contribution in [-0.2, 0) is 0 Å². The second-order valence-corrected chi connectivity index (χ2v) is 9.08. The molecule has 0 saturated carbocycles. The first kappa shape index (κ1) is 21.7. The van der Waals surface area contributed by atoms with Crippen molar-refractivity contribution in [1.82, 2.24) is 14.9 Å². The van der Waals surface area contributed by atoms with Gasteiger partial charge in [-0.2, -0.15) is 0 Å². The highest BCUT2D eigenvalue weighted by Gasteiger charge is 2.28. The van der Waals surface area contributed by atoms with Crippen LogP contribution in [0.25, 0.3) is 0 Å². The van der Waals surface area contributed by atoms with E-state index in [1.807, 2.05) is 0 Å².